The summed E-state index contributed by atoms with van der Waals surface area (Å²) < 4.78 is 0.947. The fraction of sp³-hybridized carbons (Fsp3) is 0.800. The van der Waals surface area contributed by atoms with Crippen molar-refractivity contribution < 1.29 is 0 Å². The molecule has 1 aliphatic rings. The normalized spacial score (nSPS) is 17.5. The van der Waals surface area contributed by atoms with Gasteiger partial charge in [0.25, 0.3) is 0 Å². The highest BCUT2D eigenvalue weighted by atomic mass is 32.2. The van der Waals surface area contributed by atoms with Crippen LogP contribution in [0.1, 0.15) is 83.1 Å². The lowest BCUT2D eigenvalue weighted by Crippen LogP contribution is -2.21. The highest BCUT2D eigenvalue weighted by molar-refractivity contribution is 8.15. The molecule has 4 heteroatoms. The smallest absolute Gasteiger partial charge is 0.0373 e. The summed E-state index contributed by atoms with van der Waals surface area (Å²) in [7, 11) is 0. The second kappa shape index (κ2) is 7.48. The van der Waals surface area contributed by atoms with Crippen LogP contribution in [0.4, 0.5) is 0 Å². The SMILES string of the molecule is CC(C)(C)SC1=C(SC(C)(C)C)C(SC(C)(C)C)=C1SC(C)(C)C. The van der Waals surface area contributed by atoms with E-state index in [0.717, 1.165) is 0 Å². The molecule has 0 aromatic rings. The first-order chi connectivity index (χ1) is 10.4. The molecule has 0 heterocycles. The fourth-order valence-corrected chi connectivity index (χ4v) is 7.21. The lowest BCUT2D eigenvalue weighted by molar-refractivity contribution is 0.799. The van der Waals surface area contributed by atoms with E-state index in [1.165, 1.54) is 19.6 Å². The quantitative estimate of drug-likeness (QED) is 0.460. The van der Waals surface area contributed by atoms with Crippen LogP contribution >= 0.6 is 47.0 Å². The summed E-state index contributed by atoms with van der Waals surface area (Å²) in [5.41, 5.74) is 0. The topological polar surface area (TPSA) is 0 Å². The largest absolute Gasteiger partial charge is 0.118 e. The van der Waals surface area contributed by atoms with Gasteiger partial charge in [0.2, 0.25) is 0 Å². The first kappa shape index (κ1) is 22.9. The Hall–Kier alpha value is 0.880. The van der Waals surface area contributed by atoms with Crippen molar-refractivity contribution in [1.82, 2.24) is 0 Å². The summed E-state index contributed by atoms with van der Waals surface area (Å²) in [4.78, 5) is 6.09. The Morgan fingerprint density at radius 3 is 0.542 bits per heavy atom. The highest BCUT2D eigenvalue weighted by Crippen LogP contribution is 2.62. The van der Waals surface area contributed by atoms with Crippen molar-refractivity contribution in [2.24, 2.45) is 0 Å². The molecule has 1 rings (SSSR count). The van der Waals surface area contributed by atoms with Crippen LogP contribution in [0.15, 0.2) is 19.6 Å². The van der Waals surface area contributed by atoms with E-state index >= 15 is 0 Å². The molecule has 0 aliphatic heterocycles. The van der Waals surface area contributed by atoms with Gasteiger partial charge in [-0.25, -0.2) is 0 Å². The second-order valence-electron chi connectivity index (χ2n) is 10.2. The molecule has 0 aromatic heterocycles. The zero-order valence-corrected chi connectivity index (χ0v) is 20.9. The third-order valence-corrected chi connectivity index (χ3v) is 7.87. The molecule has 0 radical (unpaired) electrons. The number of hydrogen-bond acceptors (Lipinski definition) is 4. The molecule has 0 fully saturated rings. The average molecular weight is 405 g/mol. The molecule has 0 saturated carbocycles. The third-order valence-electron chi connectivity index (χ3n) is 2.46. The lowest BCUT2D eigenvalue weighted by Gasteiger charge is -2.39. The van der Waals surface area contributed by atoms with E-state index in [1.807, 2.05) is 47.0 Å². The minimum Gasteiger partial charge on any atom is -0.118 e. The molecular weight excluding hydrogens is 368 g/mol. The van der Waals surface area contributed by atoms with Gasteiger partial charge in [0.15, 0.2) is 0 Å². The third kappa shape index (κ3) is 8.05. The van der Waals surface area contributed by atoms with E-state index in [-0.39, 0.29) is 19.0 Å². The summed E-state index contributed by atoms with van der Waals surface area (Å²) in [6.45, 7) is 27.8. The van der Waals surface area contributed by atoms with Crippen molar-refractivity contribution in [2.45, 2.75) is 102 Å². The second-order valence-corrected chi connectivity index (χ2v) is 17.5. The summed E-state index contributed by atoms with van der Waals surface area (Å²) >= 11 is 8.15. The highest BCUT2D eigenvalue weighted by Gasteiger charge is 2.39. The Balaban J connectivity index is 3.29. The zero-order chi connectivity index (χ0) is 19.1. The maximum Gasteiger partial charge on any atom is 0.0373 e. The van der Waals surface area contributed by atoms with Gasteiger partial charge in [0, 0.05) is 38.6 Å². The molecule has 0 nitrogen and oxygen atoms in total. The van der Waals surface area contributed by atoms with Crippen LogP contribution in [0.5, 0.6) is 0 Å². The van der Waals surface area contributed by atoms with Crippen LogP contribution in [0.3, 0.4) is 0 Å². The zero-order valence-electron chi connectivity index (χ0n) is 17.6. The van der Waals surface area contributed by atoms with E-state index in [2.05, 4.69) is 83.1 Å². The van der Waals surface area contributed by atoms with Crippen LogP contribution in [-0.2, 0) is 0 Å². The molecule has 24 heavy (non-hydrogen) atoms. The number of hydrogen-bond donors (Lipinski definition) is 0. The van der Waals surface area contributed by atoms with Crippen molar-refractivity contribution in [2.75, 3.05) is 0 Å². The molecule has 0 atom stereocenters. The first-order valence-electron chi connectivity index (χ1n) is 8.63. The van der Waals surface area contributed by atoms with Gasteiger partial charge in [0.05, 0.1) is 0 Å². The molecule has 140 valence electrons. The molecule has 0 saturated heterocycles. The van der Waals surface area contributed by atoms with Gasteiger partial charge >= 0.3 is 0 Å². The summed E-state index contributed by atoms with van der Waals surface area (Å²) in [5, 5.41) is 0. The van der Waals surface area contributed by atoms with Gasteiger partial charge in [-0.1, -0.05) is 83.1 Å². The van der Waals surface area contributed by atoms with Gasteiger partial charge in [-0.05, 0) is 0 Å². The monoisotopic (exact) mass is 404 g/mol. The molecule has 0 N–H and O–H groups in total. The van der Waals surface area contributed by atoms with Gasteiger partial charge < -0.3 is 0 Å². The molecule has 0 aromatic carbocycles. The van der Waals surface area contributed by atoms with E-state index in [1.54, 1.807) is 0 Å². The van der Waals surface area contributed by atoms with E-state index < -0.39 is 0 Å². The molecule has 0 unspecified atom stereocenters. The van der Waals surface area contributed by atoms with Crippen LogP contribution < -0.4 is 0 Å². The van der Waals surface area contributed by atoms with Crippen LogP contribution in [-0.4, -0.2) is 19.0 Å². The minimum atomic E-state index is 0.237. The van der Waals surface area contributed by atoms with Crippen molar-refractivity contribution in [1.29, 1.82) is 0 Å². The predicted molar refractivity (Wildman–Crippen MR) is 123 cm³/mol. The minimum absolute atomic E-state index is 0.237. The Bertz CT molecular complexity index is 417. The fourth-order valence-electron chi connectivity index (χ4n) is 1.95. The number of rotatable bonds is 4. The summed E-state index contributed by atoms with van der Waals surface area (Å²) in [6.07, 6.45) is 0. The summed E-state index contributed by atoms with van der Waals surface area (Å²) in [6, 6.07) is 0. The molecule has 0 amide bonds. The van der Waals surface area contributed by atoms with Crippen molar-refractivity contribution in [3.63, 3.8) is 0 Å². The molecule has 0 spiro atoms. The van der Waals surface area contributed by atoms with Crippen molar-refractivity contribution >= 4 is 47.0 Å². The Morgan fingerprint density at radius 1 is 0.333 bits per heavy atom. The maximum absolute atomic E-state index is 2.32. The molecule has 0 bridgehead atoms. The van der Waals surface area contributed by atoms with E-state index in [4.69, 9.17) is 0 Å². The van der Waals surface area contributed by atoms with Crippen LogP contribution in [0, 0.1) is 0 Å². The average Bonchev–Trinajstić information content (AvgIpc) is 2.24. The summed E-state index contributed by atoms with van der Waals surface area (Å²) in [5.74, 6) is 0. The Labute approximate surface area is 168 Å². The molecule has 1 aliphatic carbocycles. The van der Waals surface area contributed by atoms with Crippen LogP contribution in [0.25, 0.3) is 0 Å². The Morgan fingerprint density at radius 2 is 0.458 bits per heavy atom. The number of thioether (sulfide) groups is 4. The predicted octanol–water partition coefficient (Wildman–Crippen LogP) is 8.55. The maximum atomic E-state index is 2.32. The van der Waals surface area contributed by atoms with Crippen molar-refractivity contribution in [3.05, 3.63) is 19.6 Å². The van der Waals surface area contributed by atoms with Crippen LogP contribution in [0.2, 0.25) is 0 Å². The van der Waals surface area contributed by atoms with Gasteiger partial charge in [-0.3, -0.25) is 0 Å². The molecular formula is C20H36S4. The van der Waals surface area contributed by atoms with Crippen molar-refractivity contribution in [3.8, 4) is 0 Å². The van der Waals surface area contributed by atoms with Gasteiger partial charge in [0.1, 0.15) is 0 Å². The lowest BCUT2D eigenvalue weighted by atomic mass is 10.2. The standard InChI is InChI=1S/C20H36S4/c1-17(2,3)21-13-14(22-18(4,5)6)16(24-20(10,11)12)15(13)23-19(7,8)9/h1-12H3. The van der Waals surface area contributed by atoms with E-state index in [9.17, 15) is 0 Å². The Kier molecular flexibility index (Phi) is 7.14. The van der Waals surface area contributed by atoms with E-state index in [0.29, 0.717) is 0 Å². The van der Waals surface area contributed by atoms with Gasteiger partial charge in [-0.15, -0.1) is 47.0 Å². The first-order valence-corrected chi connectivity index (χ1v) is 11.9. The van der Waals surface area contributed by atoms with Gasteiger partial charge in [-0.2, -0.15) is 0 Å².